The van der Waals surface area contributed by atoms with Gasteiger partial charge >= 0.3 is 0 Å². The fourth-order valence-electron chi connectivity index (χ4n) is 2.32. The van der Waals surface area contributed by atoms with Gasteiger partial charge in [-0.3, -0.25) is 9.36 Å². The number of aryl methyl sites for hydroxylation is 1. The van der Waals surface area contributed by atoms with Crippen LogP contribution in [0.15, 0.2) is 47.3 Å². The molecular weight excluding hydrogens is 382 g/mol. The lowest BCUT2D eigenvalue weighted by atomic mass is 10.2. The molecule has 2 aromatic carbocycles. The van der Waals surface area contributed by atoms with Crippen molar-refractivity contribution in [2.24, 2.45) is 0 Å². The zero-order valence-electron chi connectivity index (χ0n) is 11.3. The molecular formula is C16H12FIN2O. The Kier molecular flexibility index (Phi) is 3.75. The van der Waals surface area contributed by atoms with Crippen LogP contribution in [0.2, 0.25) is 0 Å². The molecule has 0 radical (unpaired) electrons. The molecule has 3 aromatic rings. The maximum atomic E-state index is 14.1. The van der Waals surface area contributed by atoms with Gasteiger partial charge in [-0.05, 0) is 52.9 Å². The van der Waals surface area contributed by atoms with Crippen molar-refractivity contribution in [3.05, 3.63) is 68.0 Å². The lowest BCUT2D eigenvalue weighted by Gasteiger charge is -2.13. The standard InChI is InChI=1S/C16H12FIN2O/c1-2-15-19-13-8-7-10(18)9-11(13)16(21)20(15)14-6-4-3-5-12(14)17/h3-9H,2H2,1H3. The maximum absolute atomic E-state index is 14.1. The monoisotopic (exact) mass is 394 g/mol. The highest BCUT2D eigenvalue weighted by Gasteiger charge is 2.14. The minimum absolute atomic E-state index is 0.236. The van der Waals surface area contributed by atoms with E-state index < -0.39 is 5.82 Å². The zero-order chi connectivity index (χ0) is 15.0. The third-order valence-electron chi connectivity index (χ3n) is 3.31. The van der Waals surface area contributed by atoms with E-state index in [1.165, 1.54) is 10.6 Å². The molecule has 0 atom stereocenters. The molecule has 0 spiro atoms. The van der Waals surface area contributed by atoms with Crippen molar-refractivity contribution >= 4 is 33.5 Å². The second kappa shape index (κ2) is 5.55. The van der Waals surface area contributed by atoms with Crippen LogP contribution < -0.4 is 5.56 Å². The van der Waals surface area contributed by atoms with Crippen LogP contribution in [0.1, 0.15) is 12.7 Å². The zero-order valence-corrected chi connectivity index (χ0v) is 13.5. The predicted molar refractivity (Wildman–Crippen MR) is 89.4 cm³/mol. The smallest absolute Gasteiger partial charge is 0.266 e. The molecule has 106 valence electrons. The van der Waals surface area contributed by atoms with Crippen LogP contribution in [0.3, 0.4) is 0 Å². The number of para-hydroxylation sites is 1. The molecule has 3 nitrogen and oxygen atoms in total. The number of aromatic nitrogens is 2. The molecule has 1 heterocycles. The van der Waals surface area contributed by atoms with Gasteiger partial charge in [0, 0.05) is 9.99 Å². The van der Waals surface area contributed by atoms with E-state index in [2.05, 4.69) is 27.6 Å². The highest BCUT2D eigenvalue weighted by atomic mass is 127. The summed E-state index contributed by atoms with van der Waals surface area (Å²) < 4.78 is 16.4. The minimum Gasteiger partial charge on any atom is -0.268 e. The molecule has 0 bridgehead atoms. The van der Waals surface area contributed by atoms with Crippen LogP contribution in [-0.2, 0) is 6.42 Å². The van der Waals surface area contributed by atoms with Crippen molar-refractivity contribution < 1.29 is 4.39 Å². The highest BCUT2D eigenvalue weighted by Crippen LogP contribution is 2.17. The number of nitrogens with zero attached hydrogens (tertiary/aromatic N) is 2. The Labute approximate surface area is 134 Å². The Morgan fingerprint density at radius 2 is 2.00 bits per heavy atom. The molecule has 0 amide bonds. The summed E-state index contributed by atoms with van der Waals surface area (Å²) in [6.45, 7) is 1.90. The number of hydrogen-bond acceptors (Lipinski definition) is 2. The van der Waals surface area contributed by atoms with Gasteiger partial charge in [-0.25, -0.2) is 9.37 Å². The van der Waals surface area contributed by atoms with Crippen molar-refractivity contribution in [3.8, 4) is 5.69 Å². The van der Waals surface area contributed by atoms with Gasteiger partial charge in [0.2, 0.25) is 0 Å². The molecule has 3 rings (SSSR count). The van der Waals surface area contributed by atoms with Gasteiger partial charge in [-0.1, -0.05) is 19.1 Å². The largest absolute Gasteiger partial charge is 0.268 e. The van der Waals surface area contributed by atoms with E-state index in [-0.39, 0.29) is 11.2 Å². The summed E-state index contributed by atoms with van der Waals surface area (Å²) >= 11 is 2.15. The van der Waals surface area contributed by atoms with E-state index in [0.29, 0.717) is 23.1 Å². The van der Waals surface area contributed by atoms with Gasteiger partial charge in [0.25, 0.3) is 5.56 Å². The molecule has 0 aliphatic rings. The Morgan fingerprint density at radius 3 is 2.71 bits per heavy atom. The summed E-state index contributed by atoms with van der Waals surface area (Å²) in [6, 6.07) is 11.8. The molecule has 1 aromatic heterocycles. The Hall–Kier alpha value is -1.76. The van der Waals surface area contributed by atoms with Crippen molar-refractivity contribution in [1.82, 2.24) is 9.55 Å². The summed E-state index contributed by atoms with van der Waals surface area (Å²) in [7, 11) is 0. The summed E-state index contributed by atoms with van der Waals surface area (Å²) in [5.41, 5.74) is 0.651. The van der Waals surface area contributed by atoms with E-state index in [4.69, 9.17) is 0 Å². The van der Waals surface area contributed by atoms with Crippen LogP contribution >= 0.6 is 22.6 Å². The van der Waals surface area contributed by atoms with Gasteiger partial charge in [-0.2, -0.15) is 0 Å². The molecule has 21 heavy (non-hydrogen) atoms. The maximum Gasteiger partial charge on any atom is 0.266 e. The second-order valence-electron chi connectivity index (χ2n) is 4.64. The van der Waals surface area contributed by atoms with Crippen molar-refractivity contribution in [2.45, 2.75) is 13.3 Å². The number of rotatable bonds is 2. The van der Waals surface area contributed by atoms with E-state index in [9.17, 15) is 9.18 Å². The van der Waals surface area contributed by atoms with E-state index >= 15 is 0 Å². The van der Waals surface area contributed by atoms with Gasteiger partial charge < -0.3 is 0 Å². The number of fused-ring (bicyclic) bond motifs is 1. The van der Waals surface area contributed by atoms with Gasteiger partial charge in [0.15, 0.2) is 0 Å². The average Bonchev–Trinajstić information content (AvgIpc) is 2.49. The fraction of sp³-hybridized carbons (Fsp3) is 0.125. The van der Waals surface area contributed by atoms with Gasteiger partial charge in [0.1, 0.15) is 11.6 Å². The predicted octanol–water partition coefficient (Wildman–Crippen LogP) is 3.69. The molecule has 0 aliphatic carbocycles. The summed E-state index contributed by atoms with van der Waals surface area (Å²) in [6.07, 6.45) is 0.547. The Bertz CT molecular complexity index is 889. The first-order valence-corrected chi connectivity index (χ1v) is 7.65. The number of hydrogen-bond donors (Lipinski definition) is 0. The Balaban J connectivity index is 2.44. The lowest BCUT2D eigenvalue weighted by molar-refractivity contribution is 0.611. The highest BCUT2D eigenvalue weighted by molar-refractivity contribution is 14.1. The first-order chi connectivity index (χ1) is 10.1. The first kappa shape index (κ1) is 14.2. The SMILES string of the molecule is CCc1nc2ccc(I)cc2c(=O)n1-c1ccccc1F. The van der Waals surface area contributed by atoms with Crippen molar-refractivity contribution in [3.63, 3.8) is 0 Å². The molecule has 0 unspecified atom stereocenters. The van der Waals surface area contributed by atoms with E-state index in [1.807, 2.05) is 19.1 Å². The molecule has 0 N–H and O–H groups in total. The lowest BCUT2D eigenvalue weighted by Crippen LogP contribution is -2.24. The van der Waals surface area contributed by atoms with Crippen molar-refractivity contribution in [2.75, 3.05) is 0 Å². The summed E-state index contributed by atoms with van der Waals surface area (Å²) in [5.74, 6) is 0.125. The number of halogens is 2. The molecule has 5 heteroatoms. The quantitative estimate of drug-likeness (QED) is 0.622. The fourth-order valence-corrected chi connectivity index (χ4v) is 2.81. The van der Waals surface area contributed by atoms with Crippen LogP contribution in [0, 0.1) is 9.39 Å². The topological polar surface area (TPSA) is 34.9 Å². The number of benzene rings is 2. The van der Waals surface area contributed by atoms with Crippen molar-refractivity contribution in [1.29, 1.82) is 0 Å². The third kappa shape index (κ3) is 2.46. The molecule has 0 saturated heterocycles. The van der Waals surface area contributed by atoms with Crippen LogP contribution in [0.25, 0.3) is 16.6 Å². The van der Waals surface area contributed by atoms with Crippen LogP contribution in [0.4, 0.5) is 4.39 Å². The average molecular weight is 394 g/mol. The first-order valence-electron chi connectivity index (χ1n) is 6.58. The minimum atomic E-state index is -0.430. The normalized spacial score (nSPS) is 11.0. The third-order valence-corrected chi connectivity index (χ3v) is 3.98. The Morgan fingerprint density at radius 1 is 1.24 bits per heavy atom. The van der Waals surface area contributed by atoms with Gasteiger partial charge in [0.05, 0.1) is 16.6 Å². The van der Waals surface area contributed by atoms with Crippen LogP contribution in [0.5, 0.6) is 0 Å². The summed E-state index contributed by atoms with van der Waals surface area (Å²) in [5, 5.41) is 0.502. The molecule has 0 saturated carbocycles. The van der Waals surface area contributed by atoms with E-state index in [0.717, 1.165) is 3.57 Å². The van der Waals surface area contributed by atoms with E-state index in [1.54, 1.807) is 24.3 Å². The van der Waals surface area contributed by atoms with Crippen LogP contribution in [-0.4, -0.2) is 9.55 Å². The van der Waals surface area contributed by atoms with Gasteiger partial charge in [-0.15, -0.1) is 0 Å². The molecule has 0 aliphatic heterocycles. The second-order valence-corrected chi connectivity index (χ2v) is 5.88. The molecule has 0 fully saturated rings. The summed E-state index contributed by atoms with van der Waals surface area (Å²) in [4.78, 5) is 17.3.